The molecule has 1 saturated heterocycles. The number of amides is 1. The quantitative estimate of drug-likeness (QED) is 0.533. The summed E-state index contributed by atoms with van der Waals surface area (Å²) in [5.41, 5.74) is 3.04. The normalized spacial score (nSPS) is 16.4. The number of carbonyl (C=O) groups is 1. The zero-order chi connectivity index (χ0) is 15.7. The van der Waals surface area contributed by atoms with Crippen molar-refractivity contribution in [2.24, 2.45) is 0 Å². The van der Waals surface area contributed by atoms with E-state index >= 15 is 0 Å². The van der Waals surface area contributed by atoms with E-state index in [2.05, 4.69) is 16.2 Å². The molecule has 1 N–H and O–H groups in total. The Morgan fingerprint density at radius 1 is 1.55 bits per heavy atom. The van der Waals surface area contributed by atoms with E-state index in [1.165, 1.54) is 4.90 Å². The monoisotopic (exact) mass is 310 g/mol. The molecule has 0 bridgehead atoms. The number of fused-ring (bicyclic) bond motifs is 1. The Labute approximate surface area is 133 Å². The Hall–Kier alpha value is -2.65. The van der Waals surface area contributed by atoms with Gasteiger partial charge in [0.1, 0.15) is 5.70 Å². The SMILES string of the molecule is C#CCn1cc(/C=C2\NC(=S)N(CC)C2=O)c2ncccc21. The molecule has 0 unspecified atom stereocenters. The second-order valence-corrected chi connectivity index (χ2v) is 5.21. The highest BCUT2D eigenvalue weighted by molar-refractivity contribution is 7.80. The lowest BCUT2D eigenvalue weighted by molar-refractivity contribution is -0.122. The number of hydrogen-bond acceptors (Lipinski definition) is 3. The molecule has 3 heterocycles. The van der Waals surface area contributed by atoms with E-state index in [4.69, 9.17) is 18.6 Å². The molecule has 2 aromatic rings. The van der Waals surface area contributed by atoms with Gasteiger partial charge >= 0.3 is 0 Å². The van der Waals surface area contributed by atoms with Crippen LogP contribution in [0, 0.1) is 12.3 Å². The molecule has 5 nitrogen and oxygen atoms in total. The Morgan fingerprint density at radius 3 is 3.05 bits per heavy atom. The van der Waals surface area contributed by atoms with Gasteiger partial charge in [-0.1, -0.05) is 5.92 Å². The third-order valence-electron chi connectivity index (χ3n) is 3.50. The smallest absolute Gasteiger partial charge is 0.276 e. The van der Waals surface area contributed by atoms with Crippen molar-refractivity contribution >= 4 is 40.3 Å². The average molecular weight is 310 g/mol. The summed E-state index contributed by atoms with van der Waals surface area (Å²) in [6.07, 6.45) is 10.8. The van der Waals surface area contributed by atoms with Crippen LogP contribution in [0.2, 0.25) is 0 Å². The minimum Gasteiger partial charge on any atom is -0.334 e. The summed E-state index contributed by atoms with van der Waals surface area (Å²) in [6, 6.07) is 3.81. The van der Waals surface area contributed by atoms with Crippen molar-refractivity contribution in [3.63, 3.8) is 0 Å². The van der Waals surface area contributed by atoms with Crippen molar-refractivity contribution < 1.29 is 4.79 Å². The number of thiocarbonyl (C=S) groups is 1. The predicted molar refractivity (Wildman–Crippen MR) is 89.7 cm³/mol. The molecule has 0 aliphatic carbocycles. The maximum Gasteiger partial charge on any atom is 0.276 e. The number of hydrogen-bond donors (Lipinski definition) is 1. The first-order chi connectivity index (χ1) is 10.7. The lowest BCUT2D eigenvalue weighted by atomic mass is 10.2. The first kappa shape index (κ1) is 14.3. The van der Waals surface area contributed by atoms with E-state index < -0.39 is 0 Å². The van der Waals surface area contributed by atoms with Crippen LogP contribution in [0.4, 0.5) is 0 Å². The molecule has 2 aromatic heterocycles. The number of carbonyl (C=O) groups excluding carboxylic acids is 1. The van der Waals surface area contributed by atoms with Gasteiger partial charge < -0.3 is 9.88 Å². The van der Waals surface area contributed by atoms with E-state index in [1.54, 1.807) is 12.3 Å². The van der Waals surface area contributed by atoms with Crippen molar-refractivity contribution in [1.29, 1.82) is 0 Å². The van der Waals surface area contributed by atoms with Crippen LogP contribution in [0.1, 0.15) is 12.5 Å². The average Bonchev–Trinajstić information content (AvgIpc) is 2.99. The van der Waals surface area contributed by atoms with E-state index in [9.17, 15) is 4.79 Å². The van der Waals surface area contributed by atoms with E-state index in [-0.39, 0.29) is 5.91 Å². The highest BCUT2D eigenvalue weighted by Gasteiger charge is 2.29. The fraction of sp³-hybridized carbons (Fsp3) is 0.188. The number of rotatable bonds is 3. The molecule has 110 valence electrons. The van der Waals surface area contributed by atoms with Gasteiger partial charge in [-0.3, -0.25) is 14.7 Å². The lowest BCUT2D eigenvalue weighted by Crippen LogP contribution is -2.30. The Morgan fingerprint density at radius 2 is 2.36 bits per heavy atom. The van der Waals surface area contributed by atoms with Crippen molar-refractivity contribution in [2.45, 2.75) is 13.5 Å². The summed E-state index contributed by atoms with van der Waals surface area (Å²) in [7, 11) is 0. The fourth-order valence-corrected chi connectivity index (χ4v) is 2.82. The van der Waals surface area contributed by atoms with E-state index in [1.807, 2.05) is 29.8 Å². The molecular formula is C16H14N4OS. The molecule has 6 heteroatoms. The number of likely N-dealkylation sites (N-methyl/N-ethyl adjacent to an activating group) is 1. The van der Waals surface area contributed by atoms with Gasteiger partial charge in [0.15, 0.2) is 5.11 Å². The number of pyridine rings is 1. The molecule has 3 rings (SSSR count). The van der Waals surface area contributed by atoms with Gasteiger partial charge in [-0.25, -0.2) is 0 Å². The molecule has 0 atom stereocenters. The molecule has 0 saturated carbocycles. The first-order valence-electron chi connectivity index (χ1n) is 6.87. The summed E-state index contributed by atoms with van der Waals surface area (Å²) >= 11 is 5.16. The summed E-state index contributed by atoms with van der Waals surface area (Å²) in [4.78, 5) is 18.2. The van der Waals surface area contributed by atoms with E-state index in [0.29, 0.717) is 23.9 Å². The summed E-state index contributed by atoms with van der Waals surface area (Å²) in [5, 5.41) is 3.38. The largest absolute Gasteiger partial charge is 0.334 e. The van der Waals surface area contributed by atoms with E-state index in [0.717, 1.165) is 16.6 Å². The number of terminal acetylenes is 1. The van der Waals surface area contributed by atoms with Crippen LogP contribution in [0.15, 0.2) is 30.2 Å². The minimum absolute atomic E-state index is 0.124. The Bertz CT molecular complexity index is 843. The van der Waals surface area contributed by atoms with Crippen LogP contribution < -0.4 is 5.32 Å². The molecule has 0 spiro atoms. The molecule has 0 radical (unpaired) electrons. The summed E-state index contributed by atoms with van der Waals surface area (Å²) < 4.78 is 1.93. The highest BCUT2D eigenvalue weighted by atomic mass is 32.1. The Balaban J connectivity index is 2.08. The third-order valence-corrected chi connectivity index (χ3v) is 3.83. The summed E-state index contributed by atoms with van der Waals surface area (Å²) in [5.74, 6) is 2.49. The van der Waals surface area contributed by atoms with Crippen LogP contribution in [0.3, 0.4) is 0 Å². The molecular weight excluding hydrogens is 296 g/mol. The zero-order valence-electron chi connectivity index (χ0n) is 12.0. The van der Waals surface area contributed by atoms with Crippen molar-refractivity contribution in [1.82, 2.24) is 19.8 Å². The van der Waals surface area contributed by atoms with Crippen molar-refractivity contribution in [3.8, 4) is 12.3 Å². The van der Waals surface area contributed by atoms with Gasteiger partial charge in [0.2, 0.25) is 0 Å². The first-order valence-corrected chi connectivity index (χ1v) is 7.28. The summed E-state index contributed by atoms with van der Waals surface area (Å²) in [6.45, 7) is 2.88. The van der Waals surface area contributed by atoms with Crippen LogP contribution in [0.5, 0.6) is 0 Å². The lowest BCUT2D eigenvalue weighted by Gasteiger charge is -2.08. The number of nitrogens with zero attached hydrogens (tertiary/aromatic N) is 3. The molecule has 1 amide bonds. The topological polar surface area (TPSA) is 50.2 Å². The van der Waals surface area contributed by atoms with Crippen LogP contribution in [-0.2, 0) is 11.3 Å². The molecule has 1 aliphatic rings. The van der Waals surface area contributed by atoms with Gasteiger partial charge in [0.25, 0.3) is 5.91 Å². The van der Waals surface area contributed by atoms with Gasteiger partial charge in [0.05, 0.1) is 17.6 Å². The van der Waals surface area contributed by atoms with Gasteiger partial charge in [0, 0.05) is 24.5 Å². The highest BCUT2D eigenvalue weighted by Crippen LogP contribution is 2.22. The minimum atomic E-state index is -0.124. The van der Waals surface area contributed by atoms with Crippen molar-refractivity contribution in [2.75, 3.05) is 6.54 Å². The van der Waals surface area contributed by atoms with Crippen LogP contribution >= 0.6 is 12.2 Å². The third kappa shape index (κ3) is 2.26. The maximum absolute atomic E-state index is 12.3. The van der Waals surface area contributed by atoms with Gasteiger partial charge in [-0.2, -0.15) is 0 Å². The fourth-order valence-electron chi connectivity index (χ4n) is 2.50. The van der Waals surface area contributed by atoms with Crippen LogP contribution in [0.25, 0.3) is 17.1 Å². The number of aromatic nitrogens is 2. The molecule has 1 aliphatic heterocycles. The molecule has 22 heavy (non-hydrogen) atoms. The molecule has 0 aromatic carbocycles. The van der Waals surface area contributed by atoms with Gasteiger partial charge in [-0.15, -0.1) is 6.42 Å². The maximum atomic E-state index is 12.3. The number of nitrogens with one attached hydrogen (secondary N) is 1. The second-order valence-electron chi connectivity index (χ2n) is 4.83. The predicted octanol–water partition coefficient (Wildman–Crippen LogP) is 1.75. The van der Waals surface area contributed by atoms with Crippen LogP contribution in [-0.4, -0.2) is 32.0 Å². The standard InChI is InChI=1S/C16H14N4OS/c1-3-8-19-10-11(14-13(19)6-5-7-17-14)9-12-15(21)20(4-2)16(22)18-12/h1,5-7,9-10H,4,8H2,2H3,(H,18,22)/b12-9-. The van der Waals surface area contributed by atoms with Gasteiger partial charge in [-0.05, 0) is 37.4 Å². The Kier molecular flexibility index (Phi) is 3.65. The second kappa shape index (κ2) is 5.62. The van der Waals surface area contributed by atoms with Crippen molar-refractivity contribution in [3.05, 3.63) is 35.8 Å². The zero-order valence-corrected chi connectivity index (χ0v) is 12.9. The molecule has 1 fully saturated rings.